The van der Waals surface area contributed by atoms with Crippen molar-refractivity contribution >= 4 is 5.91 Å². The van der Waals surface area contributed by atoms with Gasteiger partial charge in [0.25, 0.3) is 0 Å². The number of amides is 1. The van der Waals surface area contributed by atoms with E-state index < -0.39 is 12.1 Å². The summed E-state index contributed by atoms with van der Waals surface area (Å²) in [4.78, 5) is 12.8. The van der Waals surface area contributed by atoms with E-state index in [2.05, 4.69) is 36.6 Å². The lowest BCUT2D eigenvalue weighted by Crippen LogP contribution is -2.49. The molecule has 0 spiro atoms. The summed E-state index contributed by atoms with van der Waals surface area (Å²) in [5, 5.41) is 17.3. The summed E-state index contributed by atoms with van der Waals surface area (Å²) in [6, 6.07) is 25.5. The first-order valence-electron chi connectivity index (χ1n) is 11.9. The van der Waals surface area contributed by atoms with Crippen LogP contribution in [0.2, 0.25) is 0 Å². The Labute approximate surface area is 203 Å². The Balaban J connectivity index is 1.60. The monoisotopic (exact) mass is 460 g/mol. The molecule has 0 saturated heterocycles. The third-order valence-electron chi connectivity index (χ3n) is 5.94. The van der Waals surface area contributed by atoms with Crippen molar-refractivity contribution in [2.45, 2.75) is 51.3 Å². The maximum Gasteiger partial charge on any atom is 0.224 e. The molecule has 1 amide bonds. The highest BCUT2D eigenvalue weighted by molar-refractivity contribution is 5.79. The molecule has 3 aromatic rings. The number of benzene rings is 3. The van der Waals surface area contributed by atoms with Gasteiger partial charge in [-0.3, -0.25) is 4.79 Å². The van der Waals surface area contributed by atoms with Crippen molar-refractivity contribution in [3.63, 3.8) is 0 Å². The number of ether oxygens (including phenoxy) is 1. The molecule has 34 heavy (non-hydrogen) atoms. The summed E-state index contributed by atoms with van der Waals surface area (Å²) < 4.78 is 5.27. The third-order valence-corrected chi connectivity index (χ3v) is 5.94. The predicted octanol–water partition coefficient (Wildman–Crippen LogP) is 4.24. The zero-order chi connectivity index (χ0) is 24.3. The van der Waals surface area contributed by atoms with Crippen molar-refractivity contribution in [2.75, 3.05) is 13.7 Å². The van der Waals surface area contributed by atoms with Gasteiger partial charge in [-0.2, -0.15) is 0 Å². The zero-order valence-corrected chi connectivity index (χ0v) is 20.3. The van der Waals surface area contributed by atoms with Gasteiger partial charge in [-0.1, -0.05) is 80.6 Å². The molecule has 0 bridgehead atoms. The summed E-state index contributed by atoms with van der Waals surface area (Å²) in [6.45, 7) is 5.26. The molecule has 0 fully saturated rings. The van der Waals surface area contributed by atoms with E-state index in [1.54, 1.807) is 7.11 Å². The zero-order valence-electron chi connectivity index (χ0n) is 20.3. The number of methoxy groups -OCH3 is 1. The second-order valence-electron chi connectivity index (χ2n) is 8.99. The van der Waals surface area contributed by atoms with Crippen LogP contribution in [0, 0.1) is 0 Å². The molecule has 0 saturated carbocycles. The van der Waals surface area contributed by atoms with Crippen LogP contribution in [0.5, 0.6) is 5.75 Å². The number of aliphatic hydroxyl groups excluding tert-OH is 1. The summed E-state index contributed by atoms with van der Waals surface area (Å²) in [7, 11) is 1.64. The van der Waals surface area contributed by atoms with E-state index in [0.29, 0.717) is 25.4 Å². The molecule has 0 unspecified atom stereocenters. The minimum Gasteiger partial charge on any atom is -0.497 e. The maximum absolute atomic E-state index is 12.8. The van der Waals surface area contributed by atoms with Gasteiger partial charge in [-0.25, -0.2) is 0 Å². The van der Waals surface area contributed by atoms with E-state index in [0.717, 1.165) is 22.4 Å². The maximum atomic E-state index is 12.8. The fourth-order valence-corrected chi connectivity index (χ4v) is 3.90. The number of carbonyl (C=O) groups is 1. The van der Waals surface area contributed by atoms with Gasteiger partial charge < -0.3 is 20.5 Å². The van der Waals surface area contributed by atoms with Gasteiger partial charge >= 0.3 is 0 Å². The van der Waals surface area contributed by atoms with Gasteiger partial charge in [0.2, 0.25) is 5.91 Å². The normalized spacial score (nSPS) is 12.9. The topological polar surface area (TPSA) is 70.6 Å². The van der Waals surface area contributed by atoms with Crippen LogP contribution in [0.15, 0.2) is 78.9 Å². The average Bonchev–Trinajstić information content (AvgIpc) is 2.84. The Hall–Kier alpha value is -3.15. The lowest BCUT2D eigenvalue weighted by Gasteiger charge is -2.25. The van der Waals surface area contributed by atoms with Gasteiger partial charge in [0.05, 0.1) is 25.7 Å². The van der Waals surface area contributed by atoms with E-state index in [-0.39, 0.29) is 12.3 Å². The fraction of sp³-hybridized carbons (Fsp3) is 0.345. The number of rotatable bonds is 12. The Morgan fingerprint density at radius 1 is 0.912 bits per heavy atom. The highest BCUT2D eigenvalue weighted by Crippen LogP contribution is 2.15. The largest absolute Gasteiger partial charge is 0.497 e. The minimum atomic E-state index is -0.738. The number of hydrogen-bond acceptors (Lipinski definition) is 4. The van der Waals surface area contributed by atoms with Crippen LogP contribution in [0.4, 0.5) is 0 Å². The highest BCUT2D eigenvalue weighted by Gasteiger charge is 2.22. The Kier molecular flexibility index (Phi) is 9.68. The summed E-state index contributed by atoms with van der Waals surface area (Å²) >= 11 is 0. The van der Waals surface area contributed by atoms with Crippen molar-refractivity contribution in [3.05, 3.63) is 101 Å². The first-order valence-corrected chi connectivity index (χ1v) is 11.9. The highest BCUT2D eigenvalue weighted by atomic mass is 16.5. The van der Waals surface area contributed by atoms with E-state index >= 15 is 0 Å². The van der Waals surface area contributed by atoms with E-state index in [9.17, 15) is 9.90 Å². The van der Waals surface area contributed by atoms with Crippen LogP contribution in [-0.2, 0) is 24.2 Å². The molecule has 3 N–H and O–H groups in total. The SMILES string of the molecule is COc1cccc(CNC[C@@H](O)[C@@H](Cc2ccccc2)NC(=O)Cc2ccc(C(C)C)cc2)c1. The molecule has 0 aliphatic carbocycles. The molecule has 3 rings (SSSR count). The molecule has 180 valence electrons. The summed E-state index contributed by atoms with van der Waals surface area (Å²) in [5.74, 6) is 1.17. The molecule has 0 radical (unpaired) electrons. The Morgan fingerprint density at radius 2 is 1.62 bits per heavy atom. The Bertz CT molecular complexity index is 1020. The molecule has 5 heteroatoms. The van der Waals surface area contributed by atoms with Crippen molar-refractivity contribution in [1.29, 1.82) is 0 Å². The molecule has 0 heterocycles. The first-order chi connectivity index (χ1) is 16.4. The quantitative estimate of drug-likeness (QED) is 0.378. The molecule has 0 aliphatic heterocycles. The van der Waals surface area contributed by atoms with E-state index in [1.807, 2.05) is 66.7 Å². The van der Waals surface area contributed by atoms with Crippen LogP contribution < -0.4 is 15.4 Å². The van der Waals surface area contributed by atoms with Crippen LogP contribution >= 0.6 is 0 Å². The number of aliphatic hydroxyl groups is 1. The first kappa shape index (κ1) is 25.5. The smallest absolute Gasteiger partial charge is 0.224 e. The number of hydrogen-bond donors (Lipinski definition) is 3. The molecule has 3 aromatic carbocycles. The van der Waals surface area contributed by atoms with Gasteiger partial charge in [0.1, 0.15) is 5.75 Å². The van der Waals surface area contributed by atoms with Gasteiger partial charge in [-0.05, 0) is 46.7 Å². The Morgan fingerprint density at radius 3 is 2.29 bits per heavy atom. The number of nitrogens with one attached hydrogen (secondary N) is 2. The molecule has 0 aromatic heterocycles. The summed E-state index contributed by atoms with van der Waals surface area (Å²) in [6.07, 6.45) is 0.104. The summed E-state index contributed by atoms with van der Waals surface area (Å²) in [5.41, 5.74) is 4.36. The molecule has 0 aliphatic rings. The van der Waals surface area contributed by atoms with Crippen molar-refractivity contribution < 1.29 is 14.6 Å². The average molecular weight is 461 g/mol. The van der Waals surface area contributed by atoms with Crippen LogP contribution in [0.25, 0.3) is 0 Å². The molecule has 5 nitrogen and oxygen atoms in total. The van der Waals surface area contributed by atoms with Gasteiger partial charge in [0, 0.05) is 13.1 Å². The van der Waals surface area contributed by atoms with Crippen molar-refractivity contribution in [1.82, 2.24) is 10.6 Å². The van der Waals surface area contributed by atoms with Gasteiger partial charge in [0.15, 0.2) is 0 Å². The molecular weight excluding hydrogens is 424 g/mol. The molecule has 2 atom stereocenters. The van der Waals surface area contributed by atoms with Crippen LogP contribution in [0.1, 0.15) is 42.0 Å². The molecular formula is C29H36N2O3. The third kappa shape index (κ3) is 8.01. The second-order valence-corrected chi connectivity index (χ2v) is 8.99. The van der Waals surface area contributed by atoms with Crippen molar-refractivity contribution in [2.24, 2.45) is 0 Å². The van der Waals surface area contributed by atoms with Crippen LogP contribution in [-0.4, -0.2) is 36.8 Å². The van der Waals surface area contributed by atoms with E-state index in [1.165, 1.54) is 5.56 Å². The predicted molar refractivity (Wildman–Crippen MR) is 137 cm³/mol. The van der Waals surface area contributed by atoms with Crippen LogP contribution in [0.3, 0.4) is 0 Å². The van der Waals surface area contributed by atoms with E-state index in [4.69, 9.17) is 4.74 Å². The standard InChI is InChI=1S/C29H36N2O3/c1-21(2)25-14-12-23(13-15-25)18-29(33)31-27(17-22-8-5-4-6-9-22)28(32)20-30-19-24-10-7-11-26(16-24)34-3/h4-16,21,27-28,30,32H,17-20H2,1-3H3,(H,31,33)/t27-,28-/m1/s1. The second kappa shape index (κ2) is 12.9. The van der Waals surface area contributed by atoms with Gasteiger partial charge in [-0.15, -0.1) is 0 Å². The lowest BCUT2D eigenvalue weighted by atomic mass is 9.99. The number of carbonyl (C=O) groups excluding carboxylic acids is 1. The fourth-order valence-electron chi connectivity index (χ4n) is 3.90. The minimum absolute atomic E-state index is 0.0925. The lowest BCUT2D eigenvalue weighted by molar-refractivity contribution is -0.122. The van der Waals surface area contributed by atoms with Crippen molar-refractivity contribution in [3.8, 4) is 5.75 Å².